The molecule has 0 atom stereocenters. The van der Waals surface area contributed by atoms with Crippen molar-refractivity contribution in [3.8, 4) is 0 Å². The molecule has 1 fully saturated rings. The maximum Gasteiger partial charge on any atom is 0.410 e. The molecule has 118 valence electrons. The van der Waals surface area contributed by atoms with Crippen LogP contribution < -0.4 is 5.73 Å². The van der Waals surface area contributed by atoms with Gasteiger partial charge < -0.3 is 20.1 Å². The van der Waals surface area contributed by atoms with Crippen molar-refractivity contribution in [2.24, 2.45) is 5.73 Å². The molecular weight excluding hydrogens is 256 g/mol. The predicted molar refractivity (Wildman–Crippen MR) is 79.7 cm³/mol. The Morgan fingerprint density at radius 2 is 1.85 bits per heavy atom. The van der Waals surface area contributed by atoms with Gasteiger partial charge in [-0.05, 0) is 52.9 Å². The molecule has 1 rings (SSSR count). The van der Waals surface area contributed by atoms with Gasteiger partial charge in [0.25, 0.3) is 0 Å². The monoisotopic (exact) mass is 286 g/mol. The van der Waals surface area contributed by atoms with E-state index in [0.29, 0.717) is 25.3 Å². The Bertz CT molecular complexity index is 294. The van der Waals surface area contributed by atoms with Crippen LogP contribution in [-0.2, 0) is 9.47 Å². The van der Waals surface area contributed by atoms with Gasteiger partial charge in [-0.15, -0.1) is 0 Å². The molecule has 5 nitrogen and oxygen atoms in total. The Morgan fingerprint density at radius 3 is 2.40 bits per heavy atom. The highest BCUT2D eigenvalue weighted by molar-refractivity contribution is 5.67. The fraction of sp³-hybridized carbons (Fsp3) is 0.933. The molecule has 1 amide bonds. The Balaban J connectivity index is 2.10. The van der Waals surface area contributed by atoms with Crippen molar-refractivity contribution in [2.75, 3.05) is 20.2 Å². The number of rotatable bonds is 5. The molecule has 0 aromatic carbocycles. The molecule has 0 aromatic heterocycles. The molecular formula is C15H30N2O3. The van der Waals surface area contributed by atoms with Gasteiger partial charge in [0.1, 0.15) is 5.60 Å². The van der Waals surface area contributed by atoms with Crippen molar-refractivity contribution in [1.82, 2.24) is 4.90 Å². The Hall–Kier alpha value is -0.810. The van der Waals surface area contributed by atoms with E-state index < -0.39 is 5.60 Å². The summed E-state index contributed by atoms with van der Waals surface area (Å²) in [5, 5.41) is 0. The number of ether oxygens (including phenoxy) is 2. The van der Waals surface area contributed by atoms with Gasteiger partial charge in [0, 0.05) is 26.2 Å². The maximum atomic E-state index is 11.7. The summed E-state index contributed by atoms with van der Waals surface area (Å²) in [6.45, 7) is 6.95. The van der Waals surface area contributed by atoms with Crippen molar-refractivity contribution in [3.05, 3.63) is 0 Å². The number of carbonyl (C=O) groups is 1. The summed E-state index contributed by atoms with van der Waals surface area (Å²) < 4.78 is 11.1. The average Bonchev–Trinajstić information content (AvgIpc) is 2.34. The van der Waals surface area contributed by atoms with Gasteiger partial charge in [0.15, 0.2) is 0 Å². The van der Waals surface area contributed by atoms with Crippen molar-refractivity contribution in [2.45, 2.75) is 70.6 Å². The van der Waals surface area contributed by atoms with Crippen molar-refractivity contribution >= 4 is 6.09 Å². The normalized spacial score (nSPS) is 23.4. The molecule has 0 heterocycles. The zero-order chi connectivity index (χ0) is 15.2. The second kappa shape index (κ2) is 7.84. The summed E-state index contributed by atoms with van der Waals surface area (Å²) in [7, 11) is 1.76. The first-order chi connectivity index (χ1) is 9.28. The predicted octanol–water partition coefficient (Wildman–Crippen LogP) is 2.53. The second-order valence-electron chi connectivity index (χ2n) is 6.66. The van der Waals surface area contributed by atoms with Crippen LogP contribution in [0.5, 0.6) is 0 Å². The molecule has 1 aliphatic carbocycles. The SMILES string of the molecule is CN(CCCO[C@H]1CC[C@H](N)CC1)C(=O)OC(C)(C)C. The average molecular weight is 286 g/mol. The van der Waals surface area contributed by atoms with Gasteiger partial charge >= 0.3 is 6.09 Å². The fourth-order valence-corrected chi connectivity index (χ4v) is 2.24. The van der Waals surface area contributed by atoms with Crippen molar-refractivity contribution in [1.29, 1.82) is 0 Å². The van der Waals surface area contributed by atoms with Crippen LogP contribution in [0.25, 0.3) is 0 Å². The van der Waals surface area contributed by atoms with Gasteiger partial charge in [0.05, 0.1) is 6.10 Å². The Kier molecular flexibility index (Phi) is 6.76. The summed E-state index contributed by atoms with van der Waals surface area (Å²) in [6, 6.07) is 0.355. The number of nitrogens with zero attached hydrogens (tertiary/aromatic N) is 1. The van der Waals surface area contributed by atoms with E-state index in [1.807, 2.05) is 20.8 Å². The minimum Gasteiger partial charge on any atom is -0.444 e. The van der Waals surface area contributed by atoms with Gasteiger partial charge in [-0.3, -0.25) is 0 Å². The minimum atomic E-state index is -0.442. The first-order valence-electron chi connectivity index (χ1n) is 7.59. The Morgan fingerprint density at radius 1 is 1.25 bits per heavy atom. The van der Waals surface area contributed by atoms with E-state index in [1.165, 1.54) is 0 Å². The van der Waals surface area contributed by atoms with Crippen LogP contribution >= 0.6 is 0 Å². The van der Waals surface area contributed by atoms with E-state index in [-0.39, 0.29) is 6.09 Å². The number of hydrogen-bond donors (Lipinski definition) is 1. The van der Waals surface area contributed by atoms with Crippen LogP contribution in [0.15, 0.2) is 0 Å². The molecule has 0 saturated heterocycles. The van der Waals surface area contributed by atoms with Crippen LogP contribution in [0.3, 0.4) is 0 Å². The summed E-state index contributed by atoms with van der Waals surface area (Å²) in [5.41, 5.74) is 5.42. The van der Waals surface area contributed by atoms with E-state index in [0.717, 1.165) is 32.1 Å². The van der Waals surface area contributed by atoms with E-state index in [9.17, 15) is 4.79 Å². The van der Waals surface area contributed by atoms with Gasteiger partial charge in [-0.1, -0.05) is 0 Å². The molecule has 0 spiro atoms. The number of amides is 1. The maximum absolute atomic E-state index is 11.7. The van der Waals surface area contributed by atoms with Crippen molar-refractivity contribution < 1.29 is 14.3 Å². The molecule has 20 heavy (non-hydrogen) atoms. The van der Waals surface area contributed by atoms with Gasteiger partial charge in [-0.25, -0.2) is 4.79 Å². The third-order valence-corrected chi connectivity index (χ3v) is 3.42. The summed E-state index contributed by atoms with van der Waals surface area (Å²) in [5.74, 6) is 0. The van der Waals surface area contributed by atoms with Crippen LogP contribution in [0.4, 0.5) is 4.79 Å². The van der Waals surface area contributed by atoms with Crippen LogP contribution in [0.1, 0.15) is 52.9 Å². The molecule has 0 aliphatic heterocycles. The lowest BCUT2D eigenvalue weighted by molar-refractivity contribution is 0.0137. The topological polar surface area (TPSA) is 64.8 Å². The lowest BCUT2D eigenvalue weighted by Crippen LogP contribution is -2.35. The summed E-state index contributed by atoms with van der Waals surface area (Å²) in [4.78, 5) is 13.3. The smallest absolute Gasteiger partial charge is 0.410 e. The van der Waals surface area contributed by atoms with Gasteiger partial charge in [0.2, 0.25) is 0 Å². The van der Waals surface area contributed by atoms with Crippen molar-refractivity contribution in [3.63, 3.8) is 0 Å². The van der Waals surface area contributed by atoms with E-state index in [1.54, 1.807) is 11.9 Å². The van der Waals surface area contributed by atoms with E-state index in [2.05, 4.69) is 0 Å². The first-order valence-corrected chi connectivity index (χ1v) is 7.59. The molecule has 1 saturated carbocycles. The van der Waals surface area contributed by atoms with E-state index >= 15 is 0 Å². The number of carbonyl (C=O) groups excluding carboxylic acids is 1. The quantitative estimate of drug-likeness (QED) is 0.789. The molecule has 0 radical (unpaired) electrons. The molecule has 2 N–H and O–H groups in total. The molecule has 1 aliphatic rings. The lowest BCUT2D eigenvalue weighted by atomic mass is 9.94. The largest absolute Gasteiger partial charge is 0.444 e. The van der Waals surface area contributed by atoms with E-state index in [4.69, 9.17) is 15.2 Å². The fourth-order valence-electron chi connectivity index (χ4n) is 2.24. The highest BCUT2D eigenvalue weighted by Crippen LogP contribution is 2.19. The zero-order valence-corrected chi connectivity index (χ0v) is 13.4. The summed E-state index contributed by atoms with van der Waals surface area (Å²) in [6.07, 6.45) is 5.14. The molecule has 5 heteroatoms. The molecule has 0 aromatic rings. The number of hydrogen-bond acceptors (Lipinski definition) is 4. The third-order valence-electron chi connectivity index (χ3n) is 3.42. The third kappa shape index (κ3) is 7.10. The lowest BCUT2D eigenvalue weighted by Gasteiger charge is -2.27. The Labute approximate surface area is 122 Å². The van der Waals surface area contributed by atoms with Crippen LogP contribution in [-0.4, -0.2) is 48.9 Å². The molecule has 0 unspecified atom stereocenters. The van der Waals surface area contributed by atoms with Gasteiger partial charge in [-0.2, -0.15) is 0 Å². The van der Waals surface area contributed by atoms with Crippen LogP contribution in [0.2, 0.25) is 0 Å². The zero-order valence-electron chi connectivity index (χ0n) is 13.4. The molecule has 0 bridgehead atoms. The highest BCUT2D eigenvalue weighted by Gasteiger charge is 2.20. The standard InChI is InChI=1S/C15H30N2O3/c1-15(2,3)20-14(18)17(4)10-5-11-19-13-8-6-12(16)7-9-13/h12-13H,5-11,16H2,1-4H3/t12-,13-. The first kappa shape index (κ1) is 17.2. The summed E-state index contributed by atoms with van der Waals surface area (Å²) >= 11 is 0. The second-order valence-corrected chi connectivity index (χ2v) is 6.66. The highest BCUT2D eigenvalue weighted by atomic mass is 16.6. The number of nitrogens with two attached hydrogens (primary N) is 1. The minimum absolute atomic E-state index is 0.277. The van der Waals surface area contributed by atoms with Crippen LogP contribution in [0, 0.1) is 0 Å².